The van der Waals surface area contributed by atoms with E-state index in [-0.39, 0.29) is 16.0 Å². The average Bonchev–Trinajstić information content (AvgIpc) is 3.21. The molecule has 0 spiro atoms. The lowest BCUT2D eigenvalue weighted by Crippen LogP contribution is -2.25. The Morgan fingerprint density at radius 3 is 2.85 bits per heavy atom. The minimum atomic E-state index is -0.272. The standard InChI is InChI=1S/C14H18Cl2N2O2/c15-12-7-10(17)6-11(13(12)16)14(19)18-4-1-5-20-8-9-2-3-9/h6-7,9H,1-5,8,17H2,(H,18,19). The summed E-state index contributed by atoms with van der Waals surface area (Å²) in [6.45, 7) is 2.03. The van der Waals surface area contributed by atoms with E-state index in [0.29, 0.717) is 24.4 Å². The summed E-state index contributed by atoms with van der Waals surface area (Å²) < 4.78 is 5.49. The largest absolute Gasteiger partial charge is 0.399 e. The molecular formula is C14H18Cl2N2O2. The van der Waals surface area contributed by atoms with Crippen molar-refractivity contribution < 1.29 is 9.53 Å². The Bertz CT molecular complexity index is 490. The molecule has 110 valence electrons. The molecule has 0 heterocycles. The summed E-state index contributed by atoms with van der Waals surface area (Å²) in [6, 6.07) is 3.04. The third-order valence-corrected chi connectivity index (χ3v) is 3.90. The van der Waals surface area contributed by atoms with Crippen LogP contribution >= 0.6 is 23.2 Å². The molecule has 1 aliphatic rings. The Morgan fingerprint density at radius 2 is 2.15 bits per heavy atom. The second kappa shape index (κ2) is 7.16. The van der Waals surface area contributed by atoms with Crippen molar-refractivity contribution in [3.63, 3.8) is 0 Å². The van der Waals surface area contributed by atoms with Gasteiger partial charge in [-0.05, 0) is 37.3 Å². The number of halogens is 2. The number of ether oxygens (including phenoxy) is 1. The van der Waals surface area contributed by atoms with E-state index in [1.165, 1.54) is 25.0 Å². The summed E-state index contributed by atoms with van der Waals surface area (Å²) in [5.41, 5.74) is 6.37. The number of carbonyl (C=O) groups excluding carboxylic acids is 1. The van der Waals surface area contributed by atoms with Crippen molar-refractivity contribution in [3.8, 4) is 0 Å². The summed E-state index contributed by atoms with van der Waals surface area (Å²) in [4.78, 5) is 12.0. The fourth-order valence-electron chi connectivity index (χ4n) is 1.78. The molecule has 0 saturated heterocycles. The molecule has 0 radical (unpaired) electrons. The Morgan fingerprint density at radius 1 is 1.40 bits per heavy atom. The van der Waals surface area contributed by atoms with Crippen LogP contribution in [0.4, 0.5) is 5.69 Å². The highest BCUT2D eigenvalue weighted by atomic mass is 35.5. The van der Waals surface area contributed by atoms with Gasteiger partial charge in [0.25, 0.3) is 5.91 Å². The fourth-order valence-corrected chi connectivity index (χ4v) is 2.20. The van der Waals surface area contributed by atoms with E-state index in [2.05, 4.69) is 5.32 Å². The van der Waals surface area contributed by atoms with Crippen LogP contribution in [0.2, 0.25) is 10.0 Å². The second-order valence-electron chi connectivity index (χ2n) is 4.99. The second-order valence-corrected chi connectivity index (χ2v) is 5.78. The molecule has 2 rings (SSSR count). The van der Waals surface area contributed by atoms with Crippen molar-refractivity contribution >= 4 is 34.8 Å². The van der Waals surface area contributed by atoms with Gasteiger partial charge in [0.05, 0.1) is 15.6 Å². The van der Waals surface area contributed by atoms with Crippen molar-refractivity contribution in [2.24, 2.45) is 5.92 Å². The molecule has 4 nitrogen and oxygen atoms in total. The molecule has 1 saturated carbocycles. The first-order valence-corrected chi connectivity index (χ1v) is 7.44. The molecule has 1 aromatic carbocycles. The first-order valence-electron chi connectivity index (χ1n) is 6.68. The van der Waals surface area contributed by atoms with Crippen molar-refractivity contribution in [3.05, 3.63) is 27.7 Å². The summed E-state index contributed by atoms with van der Waals surface area (Å²) in [5, 5.41) is 3.29. The number of hydrogen-bond acceptors (Lipinski definition) is 3. The van der Waals surface area contributed by atoms with E-state index in [1.807, 2.05) is 0 Å². The normalized spacial score (nSPS) is 14.3. The van der Waals surface area contributed by atoms with Crippen molar-refractivity contribution in [2.75, 3.05) is 25.5 Å². The number of nitrogen functional groups attached to an aromatic ring is 1. The zero-order valence-corrected chi connectivity index (χ0v) is 12.6. The third kappa shape index (κ3) is 4.54. The summed E-state index contributed by atoms with van der Waals surface area (Å²) in [7, 11) is 0. The van der Waals surface area contributed by atoms with Crippen LogP contribution in [0.3, 0.4) is 0 Å². The summed E-state index contributed by atoms with van der Waals surface area (Å²) in [6.07, 6.45) is 3.34. The number of hydrogen-bond donors (Lipinski definition) is 2. The van der Waals surface area contributed by atoms with Gasteiger partial charge in [0, 0.05) is 25.4 Å². The van der Waals surface area contributed by atoms with Crippen LogP contribution in [0.15, 0.2) is 12.1 Å². The van der Waals surface area contributed by atoms with E-state index in [9.17, 15) is 4.79 Å². The van der Waals surface area contributed by atoms with Crippen molar-refractivity contribution in [1.29, 1.82) is 0 Å². The van der Waals surface area contributed by atoms with Gasteiger partial charge in [-0.1, -0.05) is 23.2 Å². The number of nitrogens with two attached hydrogens (primary N) is 1. The molecule has 0 aromatic heterocycles. The van der Waals surface area contributed by atoms with Gasteiger partial charge in [-0.25, -0.2) is 0 Å². The number of nitrogens with one attached hydrogen (secondary N) is 1. The highest BCUT2D eigenvalue weighted by Crippen LogP contribution is 2.29. The van der Waals surface area contributed by atoms with E-state index in [4.69, 9.17) is 33.7 Å². The first-order chi connectivity index (χ1) is 9.58. The molecule has 1 amide bonds. The van der Waals surface area contributed by atoms with Gasteiger partial charge in [0.2, 0.25) is 0 Å². The molecule has 0 unspecified atom stereocenters. The van der Waals surface area contributed by atoms with Crippen LogP contribution in [0, 0.1) is 5.92 Å². The van der Waals surface area contributed by atoms with Gasteiger partial charge in [-0.2, -0.15) is 0 Å². The number of rotatable bonds is 7. The molecule has 0 atom stereocenters. The highest BCUT2D eigenvalue weighted by Gasteiger charge is 2.20. The third-order valence-electron chi connectivity index (χ3n) is 3.10. The van der Waals surface area contributed by atoms with Gasteiger partial charge >= 0.3 is 0 Å². The topological polar surface area (TPSA) is 64.4 Å². The lowest BCUT2D eigenvalue weighted by Gasteiger charge is -2.09. The molecule has 3 N–H and O–H groups in total. The summed E-state index contributed by atoms with van der Waals surface area (Å²) >= 11 is 11.9. The SMILES string of the molecule is Nc1cc(Cl)c(Cl)c(C(=O)NCCCOCC2CC2)c1. The van der Waals surface area contributed by atoms with Crippen molar-refractivity contribution in [1.82, 2.24) is 5.32 Å². The van der Waals surface area contributed by atoms with Crippen LogP contribution in [0.5, 0.6) is 0 Å². The Kier molecular flexibility index (Phi) is 5.52. The predicted molar refractivity (Wildman–Crippen MR) is 81.4 cm³/mol. The molecule has 0 bridgehead atoms. The maximum Gasteiger partial charge on any atom is 0.252 e. The zero-order chi connectivity index (χ0) is 14.5. The van der Waals surface area contributed by atoms with Crippen molar-refractivity contribution in [2.45, 2.75) is 19.3 Å². The average molecular weight is 317 g/mol. The summed E-state index contributed by atoms with van der Waals surface area (Å²) in [5.74, 6) is 0.490. The van der Waals surface area contributed by atoms with Crippen LogP contribution in [0.25, 0.3) is 0 Å². The Balaban J connectivity index is 1.73. The minimum absolute atomic E-state index is 0.225. The van der Waals surface area contributed by atoms with Gasteiger partial charge < -0.3 is 15.8 Å². The van der Waals surface area contributed by atoms with Gasteiger partial charge in [0.1, 0.15) is 0 Å². The van der Waals surface area contributed by atoms with Gasteiger partial charge in [-0.3, -0.25) is 4.79 Å². The lowest BCUT2D eigenvalue weighted by atomic mass is 10.2. The predicted octanol–water partition coefficient (Wildman–Crippen LogP) is 3.12. The quantitative estimate of drug-likeness (QED) is 0.600. The molecule has 1 aromatic rings. The molecule has 1 aliphatic carbocycles. The van der Waals surface area contributed by atoms with Crippen LogP contribution < -0.4 is 11.1 Å². The minimum Gasteiger partial charge on any atom is -0.399 e. The molecular weight excluding hydrogens is 299 g/mol. The van der Waals surface area contributed by atoms with Gasteiger partial charge in [0.15, 0.2) is 0 Å². The van der Waals surface area contributed by atoms with Gasteiger partial charge in [-0.15, -0.1) is 0 Å². The maximum atomic E-state index is 12.0. The molecule has 20 heavy (non-hydrogen) atoms. The molecule has 1 fully saturated rings. The van der Waals surface area contributed by atoms with E-state index in [1.54, 1.807) is 0 Å². The zero-order valence-electron chi connectivity index (χ0n) is 11.1. The van der Waals surface area contributed by atoms with E-state index < -0.39 is 0 Å². The molecule has 0 aliphatic heterocycles. The number of anilines is 1. The number of carbonyl (C=O) groups is 1. The van der Waals surface area contributed by atoms with Crippen LogP contribution in [-0.2, 0) is 4.74 Å². The van der Waals surface area contributed by atoms with Crippen LogP contribution in [0.1, 0.15) is 29.6 Å². The monoisotopic (exact) mass is 316 g/mol. The first kappa shape index (κ1) is 15.4. The Labute approximate surface area is 128 Å². The lowest BCUT2D eigenvalue weighted by molar-refractivity contribution is 0.0937. The number of amides is 1. The number of benzene rings is 1. The Hall–Kier alpha value is -0.970. The van der Waals surface area contributed by atoms with E-state index >= 15 is 0 Å². The van der Waals surface area contributed by atoms with Crippen LogP contribution in [-0.4, -0.2) is 25.7 Å². The maximum absolute atomic E-state index is 12.0. The molecule has 6 heteroatoms. The highest BCUT2D eigenvalue weighted by molar-refractivity contribution is 6.44. The smallest absolute Gasteiger partial charge is 0.252 e. The fraction of sp³-hybridized carbons (Fsp3) is 0.500. The van der Waals surface area contributed by atoms with E-state index in [0.717, 1.165) is 18.9 Å².